The third kappa shape index (κ3) is 6.80. The maximum Gasteiger partial charge on any atom is 0.350 e. The van der Waals surface area contributed by atoms with Gasteiger partial charge in [-0.2, -0.15) is 0 Å². The molecular formula is C44H56N4O6. The van der Waals surface area contributed by atoms with Crippen LogP contribution >= 0.6 is 0 Å². The van der Waals surface area contributed by atoms with Crippen molar-refractivity contribution in [2.24, 2.45) is 17.8 Å². The van der Waals surface area contributed by atoms with E-state index < -0.39 is 28.7 Å². The summed E-state index contributed by atoms with van der Waals surface area (Å²) in [5.41, 5.74) is 2.53. The highest BCUT2D eigenvalue weighted by Crippen LogP contribution is 2.60. The molecule has 3 heterocycles. The van der Waals surface area contributed by atoms with Crippen LogP contribution in [0.1, 0.15) is 104 Å². The first-order valence-corrected chi connectivity index (χ1v) is 20.0. The maximum absolute atomic E-state index is 14.8. The molecule has 1 aromatic carbocycles. The van der Waals surface area contributed by atoms with Gasteiger partial charge in [-0.3, -0.25) is 9.59 Å². The van der Waals surface area contributed by atoms with Gasteiger partial charge in [0.15, 0.2) is 11.4 Å². The van der Waals surface area contributed by atoms with E-state index in [1.165, 1.54) is 16.7 Å². The largest absolute Gasteiger partial charge is 0.463 e. The van der Waals surface area contributed by atoms with Gasteiger partial charge in [0, 0.05) is 35.7 Å². The monoisotopic (exact) mass is 736 g/mol. The summed E-state index contributed by atoms with van der Waals surface area (Å²) in [6.07, 6.45) is 15.3. The molecule has 1 saturated heterocycles. The number of hydrogen-bond acceptors (Lipinski definition) is 10. The highest BCUT2D eigenvalue weighted by atomic mass is 16.7. The number of ether oxygens (including phenoxy) is 2. The minimum Gasteiger partial charge on any atom is -0.463 e. The first-order valence-electron chi connectivity index (χ1n) is 20.0. The van der Waals surface area contributed by atoms with Crippen molar-refractivity contribution in [1.29, 1.82) is 0 Å². The number of epoxide rings is 1. The number of pyridine rings is 1. The molecule has 54 heavy (non-hydrogen) atoms. The SMILES string of the molecule is CCNC1C=C2C=CCCC2CC1COC(=O)C12OC1(CC(CO)=C(C)CCc1ccnc3c1CCC(NC)N3)C(=O)c1cccc(CC(C)C)c1C2=O. The zero-order valence-electron chi connectivity index (χ0n) is 32.4. The van der Waals surface area contributed by atoms with Gasteiger partial charge in [-0.25, -0.2) is 9.78 Å². The van der Waals surface area contributed by atoms with Crippen LogP contribution < -0.4 is 16.0 Å². The number of nitrogens with zero attached hydrogens (tertiary/aromatic N) is 1. The van der Waals surface area contributed by atoms with Crippen LogP contribution in [0.3, 0.4) is 0 Å². The summed E-state index contributed by atoms with van der Waals surface area (Å²) >= 11 is 0. The molecule has 0 bridgehead atoms. The Labute approximate surface area is 319 Å². The number of aromatic nitrogens is 1. The third-order valence-corrected chi connectivity index (χ3v) is 12.4. The molecule has 6 atom stereocenters. The van der Waals surface area contributed by atoms with Crippen LogP contribution in [0.4, 0.5) is 5.82 Å². The van der Waals surface area contributed by atoms with Crippen molar-refractivity contribution in [3.05, 3.63) is 93.2 Å². The van der Waals surface area contributed by atoms with E-state index in [-0.39, 0.29) is 54.8 Å². The Morgan fingerprint density at radius 1 is 1.17 bits per heavy atom. The van der Waals surface area contributed by atoms with Crippen LogP contribution in [-0.4, -0.2) is 77.8 Å². The summed E-state index contributed by atoms with van der Waals surface area (Å²) < 4.78 is 12.5. The van der Waals surface area contributed by atoms with E-state index in [9.17, 15) is 19.5 Å². The number of esters is 1. The first-order chi connectivity index (χ1) is 26.1. The Hall–Kier alpha value is -3.96. The second-order valence-corrected chi connectivity index (χ2v) is 16.3. The van der Waals surface area contributed by atoms with Gasteiger partial charge >= 0.3 is 5.97 Å². The number of carbonyl (C=O) groups excluding carboxylic acids is 3. The number of hydrogen-bond donors (Lipinski definition) is 4. The van der Waals surface area contributed by atoms with Gasteiger partial charge in [0.05, 0.1) is 19.4 Å². The van der Waals surface area contributed by atoms with Crippen molar-refractivity contribution < 1.29 is 29.0 Å². The van der Waals surface area contributed by atoms with E-state index in [1.54, 1.807) is 12.1 Å². The average molecular weight is 737 g/mol. The minimum absolute atomic E-state index is 0.00489. The fourth-order valence-electron chi connectivity index (χ4n) is 9.36. The van der Waals surface area contributed by atoms with E-state index in [0.29, 0.717) is 30.8 Å². The molecule has 7 rings (SSSR count). The van der Waals surface area contributed by atoms with E-state index in [4.69, 9.17) is 9.47 Å². The van der Waals surface area contributed by atoms with Crippen molar-refractivity contribution >= 4 is 23.4 Å². The molecule has 288 valence electrons. The molecule has 0 spiro atoms. The number of nitrogens with one attached hydrogen (secondary N) is 3. The number of benzene rings is 1. The molecule has 3 aliphatic carbocycles. The average Bonchev–Trinajstić information content (AvgIpc) is 3.88. The molecule has 1 aromatic heterocycles. The second-order valence-electron chi connectivity index (χ2n) is 16.3. The normalized spacial score (nSPS) is 28.6. The van der Waals surface area contributed by atoms with E-state index in [1.807, 2.05) is 32.3 Å². The lowest BCUT2D eigenvalue weighted by Crippen LogP contribution is -2.52. The molecule has 5 aliphatic rings. The number of fused-ring (bicyclic) bond motifs is 4. The number of anilines is 1. The molecule has 2 aliphatic heterocycles. The Morgan fingerprint density at radius 3 is 2.76 bits per heavy atom. The van der Waals surface area contributed by atoms with Crippen molar-refractivity contribution in [3.63, 3.8) is 0 Å². The fraction of sp³-hybridized carbons (Fsp3) is 0.545. The number of ketones is 2. The van der Waals surface area contributed by atoms with Crippen LogP contribution in [0.5, 0.6) is 0 Å². The lowest BCUT2D eigenvalue weighted by atomic mass is 9.69. The van der Waals surface area contributed by atoms with Crippen LogP contribution in [0.15, 0.2) is 65.4 Å². The number of carbonyl (C=O) groups is 3. The van der Waals surface area contributed by atoms with Crippen LogP contribution in [0.25, 0.3) is 0 Å². The number of aliphatic hydroxyl groups excluding tert-OH is 1. The highest BCUT2D eigenvalue weighted by Gasteiger charge is 2.85. The summed E-state index contributed by atoms with van der Waals surface area (Å²) in [5, 5.41) is 21.1. The van der Waals surface area contributed by atoms with Gasteiger partial charge in [0.1, 0.15) is 5.82 Å². The van der Waals surface area contributed by atoms with E-state index in [0.717, 1.165) is 55.6 Å². The molecule has 0 amide bonds. The Kier molecular flexibility index (Phi) is 11.1. The lowest BCUT2D eigenvalue weighted by Gasteiger charge is -2.36. The summed E-state index contributed by atoms with van der Waals surface area (Å²) in [5.74, 6) is -0.239. The molecule has 2 aromatic rings. The summed E-state index contributed by atoms with van der Waals surface area (Å²) in [6, 6.07) is 7.38. The van der Waals surface area contributed by atoms with Gasteiger partial charge in [-0.1, -0.05) is 62.8 Å². The van der Waals surface area contributed by atoms with Gasteiger partial charge < -0.3 is 30.5 Å². The van der Waals surface area contributed by atoms with E-state index >= 15 is 0 Å². The number of likely N-dealkylation sites (N-methyl/N-ethyl adjacent to an activating group) is 1. The number of allylic oxidation sites excluding steroid dienone is 4. The van der Waals surface area contributed by atoms with Crippen LogP contribution in [0.2, 0.25) is 0 Å². The third-order valence-electron chi connectivity index (χ3n) is 12.4. The molecule has 10 heteroatoms. The number of aryl methyl sites for hydroxylation is 1. The standard InChI is InChI=1S/C44H56N4O6/c1-6-46-36-22-30-11-8-7-10-29(30)21-32(36)25-53-42(52)44-40(51)38-31(20-26(2)3)12-9-13-35(38)39(50)43(44,54-44)23-33(24-49)27(4)14-15-28-18-19-47-41-34(28)16-17-37(45-5)48-41/h8-9,11-13,18-19,22,26,29,32,36-37,45-46,49H,6-7,10,14-17,20-21,23-25H2,1-5H3,(H,47,48). The highest BCUT2D eigenvalue weighted by molar-refractivity contribution is 6.33. The number of aliphatic hydroxyl groups is 1. The summed E-state index contributed by atoms with van der Waals surface area (Å²) in [4.78, 5) is 48.6. The van der Waals surface area contributed by atoms with Crippen molar-refractivity contribution in [2.45, 2.75) is 109 Å². The number of rotatable bonds is 14. The van der Waals surface area contributed by atoms with Crippen molar-refractivity contribution in [2.75, 3.05) is 32.1 Å². The topological polar surface area (TPSA) is 142 Å². The molecule has 0 radical (unpaired) electrons. The molecular weight excluding hydrogens is 681 g/mol. The molecule has 0 saturated carbocycles. The fourth-order valence-corrected chi connectivity index (χ4v) is 9.36. The van der Waals surface area contributed by atoms with Gasteiger partial charge in [0.2, 0.25) is 5.78 Å². The van der Waals surface area contributed by atoms with Gasteiger partial charge in [-0.05, 0) is 118 Å². The zero-order chi connectivity index (χ0) is 38.2. The first kappa shape index (κ1) is 38.3. The molecule has 6 unspecified atom stereocenters. The van der Waals surface area contributed by atoms with Crippen molar-refractivity contribution in [3.8, 4) is 0 Å². The summed E-state index contributed by atoms with van der Waals surface area (Å²) in [6.45, 7) is 8.65. The molecule has 4 N–H and O–H groups in total. The number of Topliss-reactive ketones (excluding diaryl/α,β-unsaturated/α-hetero) is 2. The second kappa shape index (κ2) is 15.6. The van der Waals surface area contributed by atoms with Crippen molar-refractivity contribution in [1.82, 2.24) is 15.6 Å². The Morgan fingerprint density at radius 2 is 2.00 bits per heavy atom. The zero-order valence-corrected chi connectivity index (χ0v) is 32.4. The minimum atomic E-state index is -2.11. The van der Waals surface area contributed by atoms with Crippen LogP contribution in [0, 0.1) is 17.8 Å². The van der Waals surface area contributed by atoms with E-state index in [2.05, 4.69) is 59.9 Å². The Balaban J connectivity index is 1.18. The molecule has 10 nitrogen and oxygen atoms in total. The Bertz CT molecular complexity index is 1900. The van der Waals surface area contributed by atoms with Crippen LogP contribution in [-0.2, 0) is 33.5 Å². The predicted octanol–water partition coefficient (Wildman–Crippen LogP) is 5.84. The quantitative estimate of drug-likeness (QED) is 0.0810. The molecule has 1 fully saturated rings. The van der Waals surface area contributed by atoms with Gasteiger partial charge in [-0.15, -0.1) is 0 Å². The van der Waals surface area contributed by atoms with Gasteiger partial charge in [0.25, 0.3) is 5.60 Å². The maximum atomic E-state index is 14.8. The lowest BCUT2D eigenvalue weighted by molar-refractivity contribution is -0.150. The predicted molar refractivity (Wildman–Crippen MR) is 208 cm³/mol. The smallest absolute Gasteiger partial charge is 0.350 e. The summed E-state index contributed by atoms with van der Waals surface area (Å²) in [7, 11) is 1.93.